The van der Waals surface area contributed by atoms with Crippen LogP contribution in [0.15, 0.2) is 32.5 Å². The zero-order chi connectivity index (χ0) is 18.1. The molecular formula is C17H13Br2FIN3S. The molecule has 0 saturated heterocycles. The monoisotopic (exact) mass is 595 g/mol. The Bertz CT molecular complexity index is 926. The first-order chi connectivity index (χ1) is 11.9. The predicted octanol–water partition coefficient (Wildman–Crippen LogP) is 7.09. The lowest BCUT2D eigenvalue weighted by Gasteiger charge is -2.14. The fourth-order valence-corrected chi connectivity index (χ4v) is 4.83. The molecule has 0 aliphatic carbocycles. The lowest BCUT2D eigenvalue weighted by atomic mass is 10.1. The van der Waals surface area contributed by atoms with Gasteiger partial charge in [0.2, 0.25) is 0 Å². The van der Waals surface area contributed by atoms with Crippen LogP contribution in [0.4, 0.5) is 15.9 Å². The number of aryl methyl sites for hydroxylation is 1. The highest BCUT2D eigenvalue weighted by Crippen LogP contribution is 2.38. The molecule has 0 amide bonds. The van der Waals surface area contributed by atoms with Crippen LogP contribution in [0, 0.1) is 16.3 Å². The lowest BCUT2D eigenvalue weighted by Crippen LogP contribution is -2.06. The molecule has 0 aliphatic heterocycles. The van der Waals surface area contributed by atoms with E-state index in [1.54, 1.807) is 17.4 Å². The number of nitrogens with zero attached hydrogens (tertiary/aromatic N) is 2. The van der Waals surface area contributed by atoms with Gasteiger partial charge in [0.05, 0.1) is 14.4 Å². The van der Waals surface area contributed by atoms with Crippen LogP contribution in [-0.4, -0.2) is 9.97 Å². The number of anilines is 2. The standard InChI is InChI=1S/C17H13Br2FIN3S/c1-3-10-8(2)22-17(14-7-11(18)15(19)25-14)24-16(10)23-13-5-4-9(21)6-12(13)20/h4-7H,3H2,1-2H3,(H,22,23,24). The van der Waals surface area contributed by atoms with Crippen molar-refractivity contribution in [2.75, 3.05) is 5.32 Å². The minimum Gasteiger partial charge on any atom is -0.337 e. The van der Waals surface area contributed by atoms with Crippen LogP contribution < -0.4 is 5.32 Å². The number of hydrogen-bond acceptors (Lipinski definition) is 4. The Labute approximate surface area is 179 Å². The summed E-state index contributed by atoms with van der Waals surface area (Å²) in [6.45, 7) is 4.00. The number of rotatable bonds is 4. The summed E-state index contributed by atoms with van der Waals surface area (Å²) in [6, 6.07) is 7.06. The van der Waals surface area contributed by atoms with Crippen LogP contribution in [-0.2, 0) is 6.42 Å². The topological polar surface area (TPSA) is 37.8 Å². The Kier molecular flexibility index (Phi) is 6.12. The van der Waals surface area contributed by atoms with Crippen LogP contribution in [0.3, 0.4) is 0 Å². The summed E-state index contributed by atoms with van der Waals surface area (Å²) in [5.74, 6) is 0.971. The maximum absolute atomic E-state index is 14.2. The molecule has 2 heterocycles. The third-order valence-corrected chi connectivity index (χ3v) is 7.54. The second-order valence-corrected chi connectivity index (χ2v) is 9.76. The third-order valence-electron chi connectivity index (χ3n) is 3.62. The molecule has 25 heavy (non-hydrogen) atoms. The molecular weight excluding hydrogens is 584 g/mol. The summed E-state index contributed by atoms with van der Waals surface area (Å²) in [5, 5.41) is 3.14. The number of benzene rings is 1. The van der Waals surface area contributed by atoms with Gasteiger partial charge in [-0.3, -0.25) is 0 Å². The second-order valence-electron chi connectivity index (χ2n) is 5.29. The van der Waals surface area contributed by atoms with Crippen LogP contribution in [0.1, 0.15) is 18.2 Å². The van der Waals surface area contributed by atoms with Crippen molar-refractivity contribution in [1.29, 1.82) is 0 Å². The molecule has 3 nitrogen and oxygen atoms in total. The summed E-state index contributed by atoms with van der Waals surface area (Å²) >= 11 is 10.6. The minimum atomic E-state index is -0.298. The quantitative estimate of drug-likeness (QED) is 0.327. The molecule has 2 aromatic heterocycles. The van der Waals surface area contributed by atoms with Crippen molar-refractivity contribution in [3.8, 4) is 10.7 Å². The summed E-state index contributed by atoms with van der Waals surface area (Å²) in [6.07, 6.45) is 0.762. The lowest BCUT2D eigenvalue weighted by molar-refractivity contribution is 0.630. The van der Waals surface area contributed by atoms with Crippen LogP contribution in [0.2, 0.25) is 0 Å². The maximum atomic E-state index is 14.2. The minimum absolute atomic E-state index is 0.298. The molecule has 0 bridgehead atoms. The molecule has 1 N–H and O–H groups in total. The molecule has 0 aliphatic rings. The van der Waals surface area contributed by atoms with E-state index in [2.05, 4.69) is 69.7 Å². The van der Waals surface area contributed by atoms with E-state index in [0.717, 1.165) is 34.4 Å². The molecule has 3 rings (SSSR count). The number of thiophene rings is 1. The SMILES string of the molecule is CCc1c(C)nc(-c2cc(Br)c(Br)s2)nc1Nc1ccc(I)cc1F. The zero-order valence-corrected chi connectivity index (χ0v) is 19.5. The van der Waals surface area contributed by atoms with E-state index in [-0.39, 0.29) is 5.82 Å². The van der Waals surface area contributed by atoms with E-state index in [1.807, 2.05) is 26.0 Å². The first kappa shape index (κ1) is 19.2. The van der Waals surface area contributed by atoms with Gasteiger partial charge >= 0.3 is 0 Å². The van der Waals surface area contributed by atoms with Gasteiger partial charge in [0, 0.05) is 19.3 Å². The van der Waals surface area contributed by atoms with Gasteiger partial charge in [0.15, 0.2) is 5.82 Å². The molecule has 0 radical (unpaired) electrons. The average Bonchev–Trinajstić information content (AvgIpc) is 2.89. The van der Waals surface area contributed by atoms with Gasteiger partial charge in [-0.25, -0.2) is 14.4 Å². The third kappa shape index (κ3) is 4.23. The molecule has 130 valence electrons. The molecule has 1 aromatic carbocycles. The van der Waals surface area contributed by atoms with E-state index in [9.17, 15) is 4.39 Å². The second kappa shape index (κ2) is 7.98. The predicted molar refractivity (Wildman–Crippen MR) is 117 cm³/mol. The van der Waals surface area contributed by atoms with Crippen LogP contribution in [0.5, 0.6) is 0 Å². The Hall–Kier alpha value is -0.580. The Balaban J connectivity index is 2.07. The highest BCUT2D eigenvalue weighted by atomic mass is 127. The van der Waals surface area contributed by atoms with Gasteiger partial charge in [-0.05, 0) is 92.1 Å². The van der Waals surface area contributed by atoms with Gasteiger partial charge in [-0.2, -0.15) is 0 Å². The van der Waals surface area contributed by atoms with E-state index in [1.165, 1.54) is 6.07 Å². The normalized spacial score (nSPS) is 11.0. The van der Waals surface area contributed by atoms with E-state index >= 15 is 0 Å². The average molecular weight is 597 g/mol. The number of nitrogens with one attached hydrogen (secondary N) is 1. The number of aromatic nitrogens is 2. The highest BCUT2D eigenvalue weighted by molar-refractivity contribution is 14.1. The fourth-order valence-electron chi connectivity index (χ4n) is 2.41. The van der Waals surface area contributed by atoms with Crippen LogP contribution >= 0.6 is 65.8 Å². The molecule has 0 atom stereocenters. The smallest absolute Gasteiger partial charge is 0.171 e. The first-order valence-corrected chi connectivity index (χ1v) is 10.9. The summed E-state index contributed by atoms with van der Waals surface area (Å²) in [7, 11) is 0. The molecule has 0 unspecified atom stereocenters. The Morgan fingerprint density at radius 2 is 2.00 bits per heavy atom. The van der Waals surface area contributed by atoms with E-state index in [0.29, 0.717) is 17.3 Å². The number of halogens is 4. The van der Waals surface area contributed by atoms with Gasteiger partial charge in [0.25, 0.3) is 0 Å². The molecule has 8 heteroatoms. The first-order valence-electron chi connectivity index (χ1n) is 7.43. The number of hydrogen-bond donors (Lipinski definition) is 1. The van der Waals surface area contributed by atoms with Crippen LogP contribution in [0.25, 0.3) is 10.7 Å². The molecule has 0 fully saturated rings. The summed E-state index contributed by atoms with van der Waals surface area (Å²) < 4.78 is 17.0. The zero-order valence-electron chi connectivity index (χ0n) is 13.3. The highest BCUT2D eigenvalue weighted by Gasteiger charge is 2.16. The maximum Gasteiger partial charge on any atom is 0.171 e. The molecule has 3 aromatic rings. The summed E-state index contributed by atoms with van der Waals surface area (Å²) in [4.78, 5) is 10.2. The van der Waals surface area contributed by atoms with E-state index in [4.69, 9.17) is 0 Å². The molecule has 0 spiro atoms. The van der Waals surface area contributed by atoms with Gasteiger partial charge in [0.1, 0.15) is 11.6 Å². The Morgan fingerprint density at radius 3 is 2.60 bits per heavy atom. The van der Waals surface area contributed by atoms with Crippen molar-refractivity contribution in [3.63, 3.8) is 0 Å². The molecule has 0 saturated carbocycles. The van der Waals surface area contributed by atoms with Crippen molar-refractivity contribution in [1.82, 2.24) is 9.97 Å². The Morgan fingerprint density at radius 1 is 1.24 bits per heavy atom. The van der Waals surface area contributed by atoms with Gasteiger partial charge < -0.3 is 5.32 Å². The largest absolute Gasteiger partial charge is 0.337 e. The van der Waals surface area contributed by atoms with Crippen molar-refractivity contribution < 1.29 is 4.39 Å². The summed E-state index contributed by atoms with van der Waals surface area (Å²) in [5.41, 5.74) is 2.28. The van der Waals surface area contributed by atoms with Gasteiger partial charge in [-0.15, -0.1) is 11.3 Å². The van der Waals surface area contributed by atoms with Gasteiger partial charge in [-0.1, -0.05) is 6.92 Å². The van der Waals surface area contributed by atoms with Crippen molar-refractivity contribution in [3.05, 3.63) is 53.2 Å². The van der Waals surface area contributed by atoms with Crippen molar-refractivity contribution in [2.24, 2.45) is 0 Å². The fraction of sp³-hybridized carbons (Fsp3) is 0.176. The van der Waals surface area contributed by atoms with Crippen molar-refractivity contribution in [2.45, 2.75) is 20.3 Å². The van der Waals surface area contributed by atoms with E-state index < -0.39 is 0 Å². The van der Waals surface area contributed by atoms with Crippen molar-refractivity contribution >= 4 is 77.3 Å².